The fraction of sp³-hybridized carbons (Fsp3) is 0.185. The maximum atomic E-state index is 13.6. The Hall–Kier alpha value is -3.28. The first-order valence-electron chi connectivity index (χ1n) is 10.7. The molecule has 3 aromatic rings. The van der Waals surface area contributed by atoms with Gasteiger partial charge in [0.05, 0.1) is 34.0 Å². The number of allylic oxidation sites excluding steroid dienone is 1. The van der Waals surface area contributed by atoms with E-state index >= 15 is 0 Å². The van der Waals surface area contributed by atoms with Gasteiger partial charge in [-0.25, -0.2) is 4.79 Å². The molecule has 2 heterocycles. The second-order valence-corrected chi connectivity index (χ2v) is 9.01. The topological polar surface area (TPSA) is 51.5 Å². The van der Waals surface area contributed by atoms with Crippen molar-refractivity contribution in [2.75, 3.05) is 12.0 Å². The Morgan fingerprint density at radius 3 is 2.32 bits per heavy atom. The Morgan fingerprint density at radius 1 is 0.971 bits per heavy atom. The van der Waals surface area contributed by atoms with Gasteiger partial charge in [0.2, 0.25) is 0 Å². The van der Waals surface area contributed by atoms with Crippen molar-refractivity contribution in [3.8, 4) is 5.69 Å². The summed E-state index contributed by atoms with van der Waals surface area (Å²) in [5.41, 5.74) is 6.50. The number of ether oxygens (including phenoxy) is 1. The number of halogens is 2. The highest BCUT2D eigenvalue weighted by atomic mass is 35.5. The van der Waals surface area contributed by atoms with E-state index in [4.69, 9.17) is 27.9 Å². The lowest BCUT2D eigenvalue weighted by molar-refractivity contribution is -0.136. The van der Waals surface area contributed by atoms with E-state index in [1.807, 2.05) is 32.0 Å². The van der Waals surface area contributed by atoms with Crippen LogP contribution in [0.3, 0.4) is 0 Å². The Morgan fingerprint density at radius 2 is 1.68 bits per heavy atom. The molecular formula is C27H24Cl2N2O3. The number of methoxy groups -OCH3 is 1. The van der Waals surface area contributed by atoms with Crippen LogP contribution < -0.4 is 4.90 Å². The minimum Gasteiger partial charge on any atom is -0.465 e. The van der Waals surface area contributed by atoms with E-state index in [2.05, 4.69) is 23.6 Å². The molecule has 0 fully saturated rings. The molecular weight excluding hydrogens is 471 g/mol. The number of amides is 1. The summed E-state index contributed by atoms with van der Waals surface area (Å²) in [5, 5.41) is 0.699. The van der Waals surface area contributed by atoms with Crippen LogP contribution in [0.15, 0.2) is 65.4 Å². The van der Waals surface area contributed by atoms with Crippen molar-refractivity contribution in [3.63, 3.8) is 0 Å². The van der Waals surface area contributed by atoms with E-state index in [9.17, 15) is 9.59 Å². The van der Waals surface area contributed by atoms with Crippen molar-refractivity contribution in [1.29, 1.82) is 0 Å². The van der Waals surface area contributed by atoms with Crippen molar-refractivity contribution in [2.45, 2.75) is 27.7 Å². The number of rotatable bonds is 4. The molecule has 1 aromatic heterocycles. The van der Waals surface area contributed by atoms with E-state index in [0.717, 1.165) is 28.2 Å². The third-order valence-electron chi connectivity index (χ3n) is 6.08. The third-order valence-corrected chi connectivity index (χ3v) is 6.82. The highest BCUT2D eigenvalue weighted by Crippen LogP contribution is 2.38. The molecule has 0 aliphatic carbocycles. The van der Waals surface area contributed by atoms with Crippen LogP contribution >= 0.6 is 23.2 Å². The van der Waals surface area contributed by atoms with Crippen LogP contribution in [0.4, 0.5) is 5.69 Å². The van der Waals surface area contributed by atoms with Gasteiger partial charge in [0, 0.05) is 22.8 Å². The molecule has 0 radical (unpaired) electrons. The molecule has 1 aliphatic rings. The van der Waals surface area contributed by atoms with Gasteiger partial charge in [-0.1, -0.05) is 41.4 Å². The van der Waals surface area contributed by atoms with Gasteiger partial charge in [-0.05, 0) is 75.2 Å². The van der Waals surface area contributed by atoms with Crippen molar-refractivity contribution < 1.29 is 14.3 Å². The molecule has 4 rings (SSSR count). The number of anilines is 1. The number of nitrogens with zero attached hydrogens (tertiary/aromatic N) is 2. The summed E-state index contributed by atoms with van der Waals surface area (Å²) in [7, 11) is 1.30. The standard InChI is InChI=1S/C27H24Cl2N2O3/c1-15-8-6-7-9-24(15)30-16(2)12-19(17(30)3)13-21-25(27(33)34-5)18(4)31(26(21)32)20-10-11-22(28)23(29)14-20/h6-14H,1-5H3/b21-13-. The fourth-order valence-corrected chi connectivity index (χ4v) is 4.68. The average Bonchev–Trinajstić information content (AvgIpc) is 3.22. The lowest BCUT2D eigenvalue weighted by Gasteiger charge is -2.18. The summed E-state index contributed by atoms with van der Waals surface area (Å²) in [6.45, 7) is 7.78. The fourth-order valence-electron chi connectivity index (χ4n) is 4.39. The number of carbonyl (C=O) groups excluding carboxylic acids is 2. The molecule has 174 valence electrons. The van der Waals surface area contributed by atoms with E-state index in [-0.39, 0.29) is 17.1 Å². The zero-order valence-corrected chi connectivity index (χ0v) is 21.1. The summed E-state index contributed by atoms with van der Waals surface area (Å²) in [5.74, 6) is -0.913. The van der Waals surface area contributed by atoms with Crippen LogP contribution in [-0.4, -0.2) is 23.6 Å². The molecule has 0 atom stereocenters. The summed E-state index contributed by atoms with van der Waals surface area (Å²) < 4.78 is 7.17. The molecule has 34 heavy (non-hydrogen) atoms. The molecule has 0 saturated carbocycles. The minimum atomic E-state index is -0.577. The first kappa shape index (κ1) is 23.9. The van der Waals surface area contributed by atoms with Crippen LogP contribution in [0, 0.1) is 20.8 Å². The first-order chi connectivity index (χ1) is 16.1. The molecule has 0 N–H and O–H groups in total. The number of hydrogen-bond acceptors (Lipinski definition) is 3. The van der Waals surface area contributed by atoms with Crippen LogP contribution in [-0.2, 0) is 14.3 Å². The zero-order valence-electron chi connectivity index (χ0n) is 19.6. The smallest absolute Gasteiger partial charge is 0.340 e. The largest absolute Gasteiger partial charge is 0.465 e. The van der Waals surface area contributed by atoms with Crippen molar-refractivity contribution in [3.05, 3.63) is 97.9 Å². The number of para-hydroxylation sites is 1. The summed E-state index contributed by atoms with van der Waals surface area (Å²) in [6, 6.07) is 15.0. The Balaban J connectivity index is 1.87. The van der Waals surface area contributed by atoms with Crippen molar-refractivity contribution in [2.24, 2.45) is 0 Å². The average molecular weight is 495 g/mol. The zero-order chi connectivity index (χ0) is 24.7. The predicted molar refractivity (Wildman–Crippen MR) is 137 cm³/mol. The van der Waals surface area contributed by atoms with Gasteiger partial charge >= 0.3 is 5.97 Å². The van der Waals surface area contributed by atoms with Crippen LogP contribution in [0.1, 0.15) is 29.4 Å². The number of carbonyl (C=O) groups is 2. The highest BCUT2D eigenvalue weighted by Gasteiger charge is 2.38. The number of hydrogen-bond donors (Lipinski definition) is 0. The minimum absolute atomic E-state index is 0.222. The van der Waals surface area contributed by atoms with Gasteiger partial charge < -0.3 is 9.30 Å². The molecule has 1 aliphatic heterocycles. The summed E-state index contributed by atoms with van der Waals surface area (Å²) in [4.78, 5) is 27.8. The van der Waals surface area contributed by atoms with Crippen LogP contribution in [0.25, 0.3) is 11.8 Å². The van der Waals surface area contributed by atoms with Gasteiger partial charge in [0.25, 0.3) is 5.91 Å². The molecule has 0 saturated heterocycles. The molecule has 0 bridgehead atoms. The maximum Gasteiger partial charge on any atom is 0.340 e. The Kier molecular flexibility index (Phi) is 6.43. The maximum absolute atomic E-state index is 13.6. The Labute approximate surface area is 208 Å². The second-order valence-electron chi connectivity index (χ2n) is 8.20. The second kappa shape index (κ2) is 9.16. The molecule has 0 unspecified atom stereocenters. The van der Waals surface area contributed by atoms with E-state index < -0.39 is 5.97 Å². The third kappa shape index (κ3) is 3.95. The van der Waals surface area contributed by atoms with Crippen LogP contribution in [0.2, 0.25) is 10.0 Å². The van der Waals surface area contributed by atoms with Gasteiger partial charge in [0.1, 0.15) is 0 Å². The van der Waals surface area contributed by atoms with Gasteiger partial charge in [-0.2, -0.15) is 0 Å². The van der Waals surface area contributed by atoms with Gasteiger partial charge in [0.15, 0.2) is 0 Å². The Bertz CT molecular complexity index is 1400. The van der Waals surface area contributed by atoms with E-state index in [1.54, 1.807) is 31.2 Å². The number of benzene rings is 2. The first-order valence-corrected chi connectivity index (χ1v) is 11.5. The quantitative estimate of drug-likeness (QED) is 0.303. The lowest BCUT2D eigenvalue weighted by Crippen LogP contribution is -2.24. The highest BCUT2D eigenvalue weighted by molar-refractivity contribution is 6.42. The lowest BCUT2D eigenvalue weighted by atomic mass is 10.0. The summed E-state index contributed by atoms with van der Waals surface area (Å²) in [6.07, 6.45) is 1.76. The van der Waals surface area contributed by atoms with E-state index in [1.165, 1.54) is 12.0 Å². The van der Waals surface area contributed by atoms with Gasteiger partial charge in [-0.3, -0.25) is 9.69 Å². The molecule has 7 heteroatoms. The van der Waals surface area contributed by atoms with Crippen molar-refractivity contribution >= 4 is 46.8 Å². The molecule has 1 amide bonds. The van der Waals surface area contributed by atoms with Crippen LogP contribution in [0.5, 0.6) is 0 Å². The summed E-state index contributed by atoms with van der Waals surface area (Å²) >= 11 is 12.3. The molecule has 5 nitrogen and oxygen atoms in total. The predicted octanol–water partition coefficient (Wildman–Crippen LogP) is 6.59. The normalized spacial score (nSPS) is 15.0. The van der Waals surface area contributed by atoms with Gasteiger partial charge in [-0.15, -0.1) is 0 Å². The number of aromatic nitrogens is 1. The van der Waals surface area contributed by atoms with Crippen molar-refractivity contribution in [1.82, 2.24) is 4.57 Å². The number of esters is 1. The molecule has 0 spiro atoms. The monoisotopic (exact) mass is 494 g/mol. The SMILES string of the molecule is COC(=O)C1=C(C)N(c2ccc(Cl)c(Cl)c2)C(=O)/C1=C\c1cc(C)n(-c2ccccc2C)c1C. The number of aryl methyl sites for hydroxylation is 2. The molecule has 2 aromatic carbocycles. The van der Waals surface area contributed by atoms with E-state index in [0.29, 0.717) is 21.4 Å².